The van der Waals surface area contributed by atoms with Crippen molar-refractivity contribution in [1.29, 1.82) is 0 Å². The first-order valence-corrected chi connectivity index (χ1v) is 5.97. The highest BCUT2D eigenvalue weighted by atomic mass is 16.5. The average Bonchev–Trinajstić information content (AvgIpc) is 2.86. The lowest BCUT2D eigenvalue weighted by atomic mass is 10.2. The number of furan rings is 1. The summed E-state index contributed by atoms with van der Waals surface area (Å²) in [7, 11) is 0. The van der Waals surface area contributed by atoms with Crippen molar-refractivity contribution >= 4 is 0 Å². The van der Waals surface area contributed by atoms with Gasteiger partial charge in [-0.2, -0.15) is 4.98 Å². The molecule has 5 nitrogen and oxygen atoms in total. The van der Waals surface area contributed by atoms with Crippen molar-refractivity contribution in [3.05, 3.63) is 35.9 Å². The van der Waals surface area contributed by atoms with Gasteiger partial charge < -0.3 is 14.3 Å². The monoisotopic (exact) mass is 233 g/mol. The Morgan fingerprint density at radius 3 is 3.06 bits per heavy atom. The fraction of sp³-hybridized carbons (Fsp3) is 0.500. The molecule has 17 heavy (non-hydrogen) atoms. The molecule has 2 aromatic heterocycles. The van der Waals surface area contributed by atoms with Crippen LogP contribution in [0.25, 0.3) is 0 Å². The summed E-state index contributed by atoms with van der Waals surface area (Å²) < 4.78 is 10.4. The molecule has 0 atom stereocenters. The van der Waals surface area contributed by atoms with E-state index in [2.05, 4.69) is 15.5 Å². The van der Waals surface area contributed by atoms with E-state index in [1.807, 2.05) is 12.1 Å². The van der Waals surface area contributed by atoms with Crippen LogP contribution in [-0.4, -0.2) is 16.2 Å². The smallest absolute Gasteiger partial charge is 0.227 e. The van der Waals surface area contributed by atoms with Crippen molar-refractivity contribution < 1.29 is 8.94 Å². The number of nitrogens with zero attached hydrogens (tertiary/aromatic N) is 2. The summed E-state index contributed by atoms with van der Waals surface area (Å²) in [4.78, 5) is 4.33. The zero-order valence-corrected chi connectivity index (χ0v) is 9.56. The maximum Gasteiger partial charge on any atom is 0.227 e. The van der Waals surface area contributed by atoms with Gasteiger partial charge in [0.1, 0.15) is 5.76 Å². The first kappa shape index (κ1) is 10.5. The van der Waals surface area contributed by atoms with Gasteiger partial charge in [0.05, 0.1) is 12.8 Å². The van der Waals surface area contributed by atoms with Gasteiger partial charge in [0.25, 0.3) is 0 Å². The van der Waals surface area contributed by atoms with Crippen LogP contribution in [0.2, 0.25) is 0 Å². The largest absolute Gasteiger partial charge is 0.469 e. The molecule has 2 heterocycles. The van der Waals surface area contributed by atoms with E-state index in [-0.39, 0.29) is 0 Å². The molecule has 0 saturated heterocycles. The lowest BCUT2D eigenvalue weighted by Crippen LogP contribution is -2.16. The van der Waals surface area contributed by atoms with Crippen LogP contribution in [0.15, 0.2) is 27.3 Å². The Morgan fingerprint density at radius 1 is 1.35 bits per heavy atom. The molecule has 0 amide bonds. The Hall–Kier alpha value is -1.62. The van der Waals surface area contributed by atoms with Gasteiger partial charge in [-0.25, -0.2) is 0 Å². The second kappa shape index (κ2) is 4.71. The molecule has 1 fully saturated rings. The number of aromatic nitrogens is 2. The Bertz CT molecular complexity index is 460. The van der Waals surface area contributed by atoms with Crippen molar-refractivity contribution in [3.63, 3.8) is 0 Å². The highest BCUT2D eigenvalue weighted by molar-refractivity contribution is 5.00. The molecule has 0 aliphatic heterocycles. The normalized spacial score (nSPS) is 15.3. The molecule has 1 aliphatic rings. The standard InChI is InChI=1S/C12H15N3O2/c1-2-10(16-7-1)5-6-12-14-11(15-17-12)8-13-9-3-4-9/h1-2,7,9,13H,3-6,8H2. The SMILES string of the molecule is c1coc(CCc2nc(CNC3CC3)no2)c1. The number of hydrogen-bond acceptors (Lipinski definition) is 5. The zero-order chi connectivity index (χ0) is 11.5. The predicted molar refractivity (Wildman–Crippen MR) is 60.3 cm³/mol. The molecule has 0 spiro atoms. The average molecular weight is 233 g/mol. The summed E-state index contributed by atoms with van der Waals surface area (Å²) in [6.45, 7) is 0.703. The molecule has 0 unspecified atom stereocenters. The minimum atomic E-state index is 0.667. The lowest BCUT2D eigenvalue weighted by molar-refractivity contribution is 0.367. The minimum absolute atomic E-state index is 0.667. The van der Waals surface area contributed by atoms with Gasteiger partial charge in [0, 0.05) is 18.9 Å². The maximum atomic E-state index is 5.25. The van der Waals surface area contributed by atoms with Gasteiger partial charge in [-0.05, 0) is 25.0 Å². The van der Waals surface area contributed by atoms with Gasteiger partial charge in [-0.3, -0.25) is 0 Å². The van der Waals surface area contributed by atoms with Crippen LogP contribution in [0, 0.1) is 0 Å². The van der Waals surface area contributed by atoms with Crippen molar-refractivity contribution in [2.45, 2.75) is 38.3 Å². The molecule has 5 heteroatoms. The number of nitrogens with one attached hydrogen (secondary N) is 1. The molecule has 1 aliphatic carbocycles. The fourth-order valence-corrected chi connectivity index (χ4v) is 1.67. The molecule has 2 aromatic rings. The molecule has 1 N–H and O–H groups in total. The third kappa shape index (κ3) is 2.94. The van der Waals surface area contributed by atoms with Crippen LogP contribution >= 0.6 is 0 Å². The van der Waals surface area contributed by atoms with Gasteiger partial charge in [0.2, 0.25) is 5.89 Å². The van der Waals surface area contributed by atoms with Crippen molar-refractivity contribution in [2.24, 2.45) is 0 Å². The van der Waals surface area contributed by atoms with Crippen LogP contribution in [-0.2, 0) is 19.4 Å². The predicted octanol–water partition coefficient (Wildman–Crippen LogP) is 1.70. The Labute approximate surface area is 99.2 Å². The summed E-state index contributed by atoms with van der Waals surface area (Å²) in [5, 5.41) is 7.29. The van der Waals surface area contributed by atoms with Crippen molar-refractivity contribution in [3.8, 4) is 0 Å². The molecular formula is C12H15N3O2. The van der Waals surface area contributed by atoms with Crippen molar-refractivity contribution in [2.75, 3.05) is 0 Å². The van der Waals surface area contributed by atoms with E-state index < -0.39 is 0 Å². The van der Waals surface area contributed by atoms with Gasteiger partial charge in [0.15, 0.2) is 5.82 Å². The summed E-state index contributed by atoms with van der Waals surface area (Å²) in [5.41, 5.74) is 0. The Morgan fingerprint density at radius 2 is 2.29 bits per heavy atom. The van der Waals surface area contributed by atoms with Crippen LogP contribution in [0.5, 0.6) is 0 Å². The third-order valence-corrected chi connectivity index (χ3v) is 2.80. The number of hydrogen-bond donors (Lipinski definition) is 1. The van der Waals surface area contributed by atoms with Gasteiger partial charge in [-0.15, -0.1) is 0 Å². The van der Waals surface area contributed by atoms with E-state index in [0.29, 0.717) is 18.5 Å². The highest BCUT2D eigenvalue weighted by Crippen LogP contribution is 2.18. The quantitative estimate of drug-likeness (QED) is 0.822. The third-order valence-electron chi connectivity index (χ3n) is 2.80. The van der Waals surface area contributed by atoms with Crippen LogP contribution in [0.1, 0.15) is 30.3 Å². The summed E-state index contributed by atoms with van der Waals surface area (Å²) in [5.74, 6) is 2.36. The second-order valence-electron chi connectivity index (χ2n) is 4.34. The molecule has 0 aromatic carbocycles. The van der Waals surface area contributed by atoms with Gasteiger partial charge in [-0.1, -0.05) is 5.16 Å². The van der Waals surface area contributed by atoms with E-state index >= 15 is 0 Å². The Balaban J connectivity index is 1.49. The molecule has 90 valence electrons. The highest BCUT2D eigenvalue weighted by Gasteiger charge is 2.21. The fourth-order valence-electron chi connectivity index (χ4n) is 1.67. The second-order valence-corrected chi connectivity index (χ2v) is 4.34. The lowest BCUT2D eigenvalue weighted by Gasteiger charge is -1.94. The van der Waals surface area contributed by atoms with E-state index in [9.17, 15) is 0 Å². The first-order valence-electron chi connectivity index (χ1n) is 5.97. The van der Waals surface area contributed by atoms with Crippen molar-refractivity contribution in [1.82, 2.24) is 15.5 Å². The summed E-state index contributed by atoms with van der Waals surface area (Å²) in [6.07, 6.45) is 5.73. The molecule has 0 radical (unpaired) electrons. The number of rotatable bonds is 6. The Kier molecular flexibility index (Phi) is 2.92. The zero-order valence-electron chi connectivity index (χ0n) is 9.56. The van der Waals surface area contributed by atoms with E-state index in [4.69, 9.17) is 8.94 Å². The topological polar surface area (TPSA) is 64.1 Å². The van der Waals surface area contributed by atoms with E-state index in [1.54, 1.807) is 6.26 Å². The molecule has 3 rings (SSSR count). The summed E-state index contributed by atoms with van der Waals surface area (Å²) in [6, 6.07) is 4.50. The van der Waals surface area contributed by atoms with E-state index in [0.717, 1.165) is 24.4 Å². The molecule has 1 saturated carbocycles. The van der Waals surface area contributed by atoms with Crippen LogP contribution in [0.3, 0.4) is 0 Å². The maximum absolute atomic E-state index is 5.25. The minimum Gasteiger partial charge on any atom is -0.469 e. The van der Waals surface area contributed by atoms with Crippen LogP contribution in [0.4, 0.5) is 0 Å². The molecular weight excluding hydrogens is 218 g/mol. The first-order chi connectivity index (χ1) is 8.40. The number of aryl methyl sites for hydroxylation is 2. The van der Waals surface area contributed by atoms with E-state index in [1.165, 1.54) is 12.8 Å². The molecule has 0 bridgehead atoms. The van der Waals surface area contributed by atoms with Gasteiger partial charge >= 0.3 is 0 Å². The van der Waals surface area contributed by atoms with Crippen LogP contribution < -0.4 is 5.32 Å². The summed E-state index contributed by atoms with van der Waals surface area (Å²) >= 11 is 0.